The summed E-state index contributed by atoms with van der Waals surface area (Å²) in [5.41, 5.74) is 9.04. The van der Waals surface area contributed by atoms with Gasteiger partial charge in [0.15, 0.2) is 11.5 Å². The number of hydrogen-bond acceptors (Lipinski definition) is 4. The second-order valence-corrected chi connectivity index (χ2v) is 6.68. The molecule has 1 aliphatic rings. The van der Waals surface area contributed by atoms with E-state index < -0.39 is 0 Å². The van der Waals surface area contributed by atoms with Crippen LogP contribution in [0.3, 0.4) is 0 Å². The summed E-state index contributed by atoms with van der Waals surface area (Å²) in [7, 11) is 0. The molecule has 1 amide bonds. The summed E-state index contributed by atoms with van der Waals surface area (Å²) in [4.78, 5) is 14.5. The summed E-state index contributed by atoms with van der Waals surface area (Å²) in [6.07, 6.45) is 1.81. The first-order chi connectivity index (χ1) is 12.0. The van der Waals surface area contributed by atoms with Crippen LogP contribution < -0.4 is 5.73 Å². The number of carbonyl (C=O) groups is 1. The van der Waals surface area contributed by atoms with Crippen molar-refractivity contribution >= 4 is 5.91 Å². The van der Waals surface area contributed by atoms with Crippen molar-refractivity contribution < 1.29 is 15.0 Å². The SMILES string of the molecule is Cc1cc(C(=O)N2CCC(c3cccc(CN)c3)CC2)cc(O)c1O. The largest absolute Gasteiger partial charge is 0.504 e. The number of likely N-dealkylation sites (tertiary alicyclic amines) is 1. The molecule has 5 nitrogen and oxygen atoms in total. The maximum Gasteiger partial charge on any atom is 0.254 e. The van der Waals surface area contributed by atoms with Gasteiger partial charge in [-0.1, -0.05) is 24.3 Å². The number of piperidine rings is 1. The Kier molecular flexibility index (Phi) is 4.95. The van der Waals surface area contributed by atoms with E-state index in [1.165, 1.54) is 11.6 Å². The molecule has 0 unspecified atom stereocenters. The molecule has 0 aliphatic carbocycles. The minimum Gasteiger partial charge on any atom is -0.504 e. The van der Waals surface area contributed by atoms with Crippen LogP contribution in [0.25, 0.3) is 0 Å². The zero-order chi connectivity index (χ0) is 18.0. The smallest absolute Gasteiger partial charge is 0.254 e. The van der Waals surface area contributed by atoms with E-state index >= 15 is 0 Å². The van der Waals surface area contributed by atoms with Crippen molar-refractivity contribution in [1.82, 2.24) is 4.90 Å². The van der Waals surface area contributed by atoms with Crippen LogP contribution in [0.2, 0.25) is 0 Å². The van der Waals surface area contributed by atoms with Gasteiger partial charge in [-0.2, -0.15) is 0 Å². The van der Waals surface area contributed by atoms with E-state index in [-0.39, 0.29) is 17.4 Å². The van der Waals surface area contributed by atoms with Gasteiger partial charge >= 0.3 is 0 Å². The summed E-state index contributed by atoms with van der Waals surface area (Å²) >= 11 is 0. The fraction of sp³-hybridized carbons (Fsp3) is 0.350. The molecular formula is C20H24N2O3. The van der Waals surface area contributed by atoms with Gasteiger partial charge in [-0.05, 0) is 54.5 Å². The van der Waals surface area contributed by atoms with Gasteiger partial charge in [0.25, 0.3) is 5.91 Å². The second kappa shape index (κ2) is 7.15. The molecule has 0 radical (unpaired) electrons. The van der Waals surface area contributed by atoms with Crippen LogP contribution in [-0.2, 0) is 6.54 Å². The number of carbonyl (C=O) groups excluding carboxylic acids is 1. The Balaban J connectivity index is 1.68. The Morgan fingerprint density at radius 3 is 2.56 bits per heavy atom. The van der Waals surface area contributed by atoms with Crippen molar-refractivity contribution in [2.24, 2.45) is 5.73 Å². The number of rotatable bonds is 3. The van der Waals surface area contributed by atoms with E-state index in [2.05, 4.69) is 12.1 Å². The number of nitrogens with two attached hydrogens (primary N) is 1. The predicted molar refractivity (Wildman–Crippen MR) is 96.7 cm³/mol. The first-order valence-corrected chi connectivity index (χ1v) is 8.60. The second-order valence-electron chi connectivity index (χ2n) is 6.68. The maximum absolute atomic E-state index is 12.7. The van der Waals surface area contributed by atoms with E-state index in [9.17, 15) is 15.0 Å². The number of phenols is 2. The fourth-order valence-electron chi connectivity index (χ4n) is 3.46. The first-order valence-electron chi connectivity index (χ1n) is 8.60. The Morgan fingerprint density at radius 2 is 1.92 bits per heavy atom. The summed E-state index contributed by atoms with van der Waals surface area (Å²) in [6, 6.07) is 11.3. The zero-order valence-corrected chi connectivity index (χ0v) is 14.4. The third-order valence-corrected chi connectivity index (χ3v) is 4.97. The minimum atomic E-state index is -0.253. The number of amides is 1. The van der Waals surface area contributed by atoms with Gasteiger partial charge in [0, 0.05) is 25.2 Å². The molecule has 1 aliphatic heterocycles. The standard InChI is InChI=1S/C20H24N2O3/c1-13-9-17(11-18(23)19(13)24)20(25)22-7-5-15(6-8-22)16-4-2-3-14(10-16)12-21/h2-4,9-11,15,23-24H,5-8,12,21H2,1H3. The molecule has 2 aromatic carbocycles. The molecule has 0 aromatic heterocycles. The molecule has 3 rings (SSSR count). The summed E-state index contributed by atoms with van der Waals surface area (Å²) in [6.45, 7) is 3.56. The van der Waals surface area contributed by atoms with Crippen molar-refractivity contribution in [2.45, 2.75) is 32.2 Å². The Bertz CT molecular complexity index is 757. The first kappa shape index (κ1) is 17.3. The normalized spacial score (nSPS) is 15.4. The summed E-state index contributed by atoms with van der Waals surface area (Å²) in [5.74, 6) is -0.0926. The minimum absolute atomic E-state index is 0.104. The molecule has 0 bridgehead atoms. The van der Waals surface area contributed by atoms with Gasteiger partial charge in [0.05, 0.1) is 0 Å². The molecule has 1 fully saturated rings. The highest BCUT2D eigenvalue weighted by molar-refractivity contribution is 5.95. The quantitative estimate of drug-likeness (QED) is 0.750. The molecule has 5 heteroatoms. The molecule has 0 atom stereocenters. The lowest BCUT2D eigenvalue weighted by Crippen LogP contribution is -2.38. The average Bonchev–Trinajstić information content (AvgIpc) is 2.65. The lowest BCUT2D eigenvalue weighted by Gasteiger charge is -2.32. The van der Waals surface area contributed by atoms with Gasteiger partial charge in [-0.3, -0.25) is 4.79 Å². The van der Waals surface area contributed by atoms with Crippen LogP contribution in [0.5, 0.6) is 11.5 Å². The van der Waals surface area contributed by atoms with Gasteiger partial charge in [-0.25, -0.2) is 0 Å². The van der Waals surface area contributed by atoms with Crippen LogP contribution in [0.15, 0.2) is 36.4 Å². The molecule has 1 heterocycles. The van der Waals surface area contributed by atoms with Crippen LogP contribution in [0.4, 0.5) is 0 Å². The van der Waals surface area contributed by atoms with Crippen molar-refractivity contribution in [3.05, 3.63) is 58.7 Å². The van der Waals surface area contributed by atoms with Crippen molar-refractivity contribution in [1.29, 1.82) is 0 Å². The summed E-state index contributed by atoms with van der Waals surface area (Å²) < 4.78 is 0. The van der Waals surface area contributed by atoms with E-state index in [4.69, 9.17) is 5.73 Å². The zero-order valence-electron chi connectivity index (χ0n) is 14.4. The number of nitrogens with zero attached hydrogens (tertiary/aromatic N) is 1. The molecule has 4 N–H and O–H groups in total. The van der Waals surface area contributed by atoms with Gasteiger partial charge < -0.3 is 20.8 Å². The van der Waals surface area contributed by atoms with E-state index in [0.29, 0.717) is 36.7 Å². The number of aromatic hydroxyl groups is 2. The third kappa shape index (κ3) is 3.61. The lowest BCUT2D eigenvalue weighted by atomic mass is 9.88. The Labute approximate surface area is 147 Å². The number of benzene rings is 2. The maximum atomic E-state index is 12.7. The molecule has 132 valence electrons. The fourth-order valence-corrected chi connectivity index (χ4v) is 3.46. The molecular weight excluding hydrogens is 316 g/mol. The van der Waals surface area contributed by atoms with Crippen molar-refractivity contribution in [2.75, 3.05) is 13.1 Å². The van der Waals surface area contributed by atoms with Crippen LogP contribution >= 0.6 is 0 Å². The summed E-state index contributed by atoms with van der Waals surface area (Å²) in [5, 5.41) is 19.4. The molecule has 2 aromatic rings. The predicted octanol–water partition coefficient (Wildman–Crippen LogP) is 2.88. The monoisotopic (exact) mass is 340 g/mol. The lowest BCUT2D eigenvalue weighted by molar-refractivity contribution is 0.0712. The Morgan fingerprint density at radius 1 is 1.20 bits per heavy atom. The highest BCUT2D eigenvalue weighted by Gasteiger charge is 2.25. The van der Waals surface area contributed by atoms with Crippen molar-refractivity contribution in [3.63, 3.8) is 0 Å². The highest BCUT2D eigenvalue weighted by atomic mass is 16.3. The van der Waals surface area contributed by atoms with E-state index in [1.54, 1.807) is 13.0 Å². The third-order valence-electron chi connectivity index (χ3n) is 4.97. The topological polar surface area (TPSA) is 86.8 Å². The van der Waals surface area contributed by atoms with E-state index in [1.807, 2.05) is 17.0 Å². The highest BCUT2D eigenvalue weighted by Crippen LogP contribution is 2.32. The number of aryl methyl sites for hydroxylation is 1. The molecule has 1 saturated heterocycles. The van der Waals surface area contributed by atoms with E-state index in [0.717, 1.165) is 18.4 Å². The van der Waals surface area contributed by atoms with Crippen LogP contribution in [0.1, 0.15) is 45.8 Å². The van der Waals surface area contributed by atoms with Gasteiger partial charge in [0.1, 0.15) is 0 Å². The molecule has 0 saturated carbocycles. The van der Waals surface area contributed by atoms with Gasteiger partial charge in [-0.15, -0.1) is 0 Å². The number of phenolic OH excluding ortho intramolecular Hbond substituents is 2. The van der Waals surface area contributed by atoms with Gasteiger partial charge in [0.2, 0.25) is 0 Å². The average molecular weight is 340 g/mol. The number of hydrogen-bond donors (Lipinski definition) is 3. The van der Waals surface area contributed by atoms with Crippen molar-refractivity contribution in [3.8, 4) is 11.5 Å². The molecule has 25 heavy (non-hydrogen) atoms. The molecule has 0 spiro atoms. The van der Waals surface area contributed by atoms with Crippen LogP contribution in [-0.4, -0.2) is 34.1 Å². The Hall–Kier alpha value is -2.53. The van der Waals surface area contributed by atoms with Crippen LogP contribution in [0, 0.1) is 6.92 Å².